The molecule has 0 aromatic heterocycles. The smallest absolute Gasteiger partial charge is 0.124 e. The lowest BCUT2D eigenvalue weighted by molar-refractivity contribution is 0.405. The van der Waals surface area contributed by atoms with E-state index in [0.717, 1.165) is 15.8 Å². The Morgan fingerprint density at radius 3 is 2.40 bits per heavy atom. The molecule has 4 heteroatoms. The highest BCUT2D eigenvalue weighted by molar-refractivity contribution is 9.10. The van der Waals surface area contributed by atoms with Crippen LogP contribution in [0.3, 0.4) is 0 Å². The second kappa shape index (κ2) is 7.16. The molecule has 0 saturated heterocycles. The number of benzene rings is 2. The standard InChI is InChI=1S/C16H18BrNOS/c1-18-16(11-4-7-13(20-3)8-5-11)14-10-12(17)6-9-15(14)19-2/h4-10,16,18H,1-3H3. The molecule has 0 aliphatic heterocycles. The predicted molar refractivity (Wildman–Crippen MR) is 89.8 cm³/mol. The van der Waals surface area contributed by atoms with Crippen molar-refractivity contribution in [2.75, 3.05) is 20.4 Å². The van der Waals surface area contributed by atoms with Gasteiger partial charge in [0.2, 0.25) is 0 Å². The first kappa shape index (κ1) is 15.4. The van der Waals surface area contributed by atoms with Crippen LogP contribution < -0.4 is 10.1 Å². The average molecular weight is 352 g/mol. The summed E-state index contributed by atoms with van der Waals surface area (Å²) in [5.74, 6) is 0.890. The van der Waals surface area contributed by atoms with Crippen molar-refractivity contribution in [2.45, 2.75) is 10.9 Å². The van der Waals surface area contributed by atoms with Gasteiger partial charge in [-0.3, -0.25) is 0 Å². The van der Waals surface area contributed by atoms with Gasteiger partial charge < -0.3 is 10.1 Å². The molecule has 2 aromatic rings. The fourth-order valence-corrected chi connectivity index (χ4v) is 3.02. The van der Waals surface area contributed by atoms with E-state index < -0.39 is 0 Å². The third-order valence-corrected chi connectivity index (χ3v) is 4.48. The van der Waals surface area contributed by atoms with Gasteiger partial charge in [-0.2, -0.15) is 0 Å². The van der Waals surface area contributed by atoms with Crippen molar-refractivity contribution in [1.82, 2.24) is 5.32 Å². The van der Waals surface area contributed by atoms with E-state index in [1.165, 1.54) is 10.5 Å². The van der Waals surface area contributed by atoms with E-state index in [9.17, 15) is 0 Å². The van der Waals surface area contributed by atoms with Gasteiger partial charge in [0, 0.05) is 14.9 Å². The molecule has 0 fully saturated rings. The van der Waals surface area contributed by atoms with Crippen molar-refractivity contribution >= 4 is 27.7 Å². The SMILES string of the molecule is CNC(c1ccc(SC)cc1)c1cc(Br)ccc1OC. The van der Waals surface area contributed by atoms with Gasteiger partial charge in [-0.25, -0.2) is 0 Å². The zero-order valence-electron chi connectivity index (χ0n) is 11.8. The average Bonchev–Trinajstić information content (AvgIpc) is 2.49. The van der Waals surface area contributed by atoms with E-state index >= 15 is 0 Å². The molecular weight excluding hydrogens is 334 g/mol. The molecule has 0 radical (unpaired) electrons. The number of hydrogen-bond acceptors (Lipinski definition) is 3. The molecule has 1 atom stereocenters. The molecule has 0 aliphatic rings. The van der Waals surface area contributed by atoms with Crippen LogP contribution >= 0.6 is 27.7 Å². The molecule has 1 N–H and O–H groups in total. The minimum Gasteiger partial charge on any atom is -0.496 e. The number of halogens is 1. The highest BCUT2D eigenvalue weighted by Gasteiger charge is 2.16. The van der Waals surface area contributed by atoms with Crippen LogP contribution in [-0.2, 0) is 0 Å². The quantitative estimate of drug-likeness (QED) is 0.802. The minimum absolute atomic E-state index is 0.110. The summed E-state index contributed by atoms with van der Waals surface area (Å²) in [4.78, 5) is 1.27. The first-order valence-corrected chi connectivity index (χ1v) is 8.36. The number of nitrogens with one attached hydrogen (secondary N) is 1. The van der Waals surface area contributed by atoms with Crippen LogP contribution in [0.25, 0.3) is 0 Å². The second-order valence-corrected chi connectivity index (χ2v) is 6.18. The Hall–Kier alpha value is -0.970. The van der Waals surface area contributed by atoms with Gasteiger partial charge in [0.15, 0.2) is 0 Å². The molecule has 0 aliphatic carbocycles. The summed E-state index contributed by atoms with van der Waals surface area (Å²) in [6.07, 6.45) is 2.09. The number of hydrogen-bond donors (Lipinski definition) is 1. The van der Waals surface area contributed by atoms with E-state index in [0.29, 0.717) is 0 Å². The lowest BCUT2D eigenvalue weighted by Crippen LogP contribution is -2.18. The summed E-state index contributed by atoms with van der Waals surface area (Å²) in [7, 11) is 3.67. The van der Waals surface area contributed by atoms with Crippen LogP contribution in [0.5, 0.6) is 5.75 Å². The van der Waals surface area contributed by atoms with Crippen molar-refractivity contribution in [2.24, 2.45) is 0 Å². The van der Waals surface area contributed by atoms with Gasteiger partial charge in [-0.1, -0.05) is 28.1 Å². The zero-order chi connectivity index (χ0) is 14.5. The molecule has 2 rings (SSSR count). The summed E-state index contributed by atoms with van der Waals surface area (Å²) >= 11 is 5.28. The van der Waals surface area contributed by atoms with E-state index in [4.69, 9.17) is 4.74 Å². The Morgan fingerprint density at radius 1 is 1.15 bits per heavy atom. The Morgan fingerprint density at radius 2 is 1.85 bits per heavy atom. The van der Waals surface area contributed by atoms with Crippen LogP contribution in [0, 0.1) is 0 Å². The van der Waals surface area contributed by atoms with E-state index in [1.807, 2.05) is 19.2 Å². The number of ether oxygens (including phenoxy) is 1. The highest BCUT2D eigenvalue weighted by Crippen LogP contribution is 2.32. The highest BCUT2D eigenvalue weighted by atomic mass is 79.9. The second-order valence-electron chi connectivity index (χ2n) is 4.38. The third kappa shape index (κ3) is 3.37. The van der Waals surface area contributed by atoms with E-state index in [2.05, 4.69) is 57.8 Å². The van der Waals surface area contributed by atoms with Gasteiger partial charge in [0.05, 0.1) is 13.2 Å². The molecule has 0 bridgehead atoms. The number of rotatable bonds is 5. The van der Waals surface area contributed by atoms with Crippen LogP contribution in [0.2, 0.25) is 0 Å². The fraction of sp³-hybridized carbons (Fsp3) is 0.250. The fourth-order valence-electron chi connectivity index (χ4n) is 2.23. The lowest BCUT2D eigenvalue weighted by atomic mass is 9.98. The van der Waals surface area contributed by atoms with Crippen LogP contribution in [0.1, 0.15) is 17.2 Å². The van der Waals surface area contributed by atoms with Gasteiger partial charge in [0.1, 0.15) is 5.75 Å². The summed E-state index contributed by atoms with van der Waals surface area (Å²) in [6, 6.07) is 14.8. The van der Waals surface area contributed by atoms with Crippen LogP contribution in [-0.4, -0.2) is 20.4 Å². The normalized spacial score (nSPS) is 12.2. The molecule has 1 unspecified atom stereocenters. The van der Waals surface area contributed by atoms with Gasteiger partial charge in [0.25, 0.3) is 0 Å². The molecule has 0 spiro atoms. The molecule has 2 nitrogen and oxygen atoms in total. The van der Waals surface area contributed by atoms with E-state index in [1.54, 1.807) is 18.9 Å². The zero-order valence-corrected chi connectivity index (χ0v) is 14.2. The number of methoxy groups -OCH3 is 1. The molecule has 2 aromatic carbocycles. The molecule has 0 amide bonds. The Kier molecular flexibility index (Phi) is 5.52. The molecule has 0 heterocycles. The van der Waals surface area contributed by atoms with E-state index in [-0.39, 0.29) is 6.04 Å². The molecular formula is C16H18BrNOS. The Balaban J connectivity index is 2.43. The minimum atomic E-state index is 0.110. The van der Waals surface area contributed by atoms with Crippen molar-refractivity contribution in [3.05, 3.63) is 58.1 Å². The maximum absolute atomic E-state index is 5.48. The lowest BCUT2D eigenvalue weighted by Gasteiger charge is -2.20. The van der Waals surface area contributed by atoms with Gasteiger partial charge in [-0.05, 0) is 49.2 Å². The number of thioether (sulfide) groups is 1. The first-order valence-electron chi connectivity index (χ1n) is 6.34. The van der Waals surface area contributed by atoms with Crippen molar-refractivity contribution in [3.8, 4) is 5.75 Å². The predicted octanol–water partition coefficient (Wildman–Crippen LogP) is 4.49. The first-order chi connectivity index (χ1) is 9.69. The maximum atomic E-state index is 5.48. The summed E-state index contributed by atoms with van der Waals surface area (Å²) in [5.41, 5.74) is 2.35. The van der Waals surface area contributed by atoms with Crippen LogP contribution in [0.15, 0.2) is 51.8 Å². The Labute approximate surface area is 133 Å². The third-order valence-electron chi connectivity index (χ3n) is 3.24. The largest absolute Gasteiger partial charge is 0.496 e. The van der Waals surface area contributed by atoms with Gasteiger partial charge >= 0.3 is 0 Å². The topological polar surface area (TPSA) is 21.3 Å². The monoisotopic (exact) mass is 351 g/mol. The summed E-state index contributed by atoms with van der Waals surface area (Å²) in [6.45, 7) is 0. The van der Waals surface area contributed by atoms with Crippen molar-refractivity contribution in [1.29, 1.82) is 0 Å². The maximum Gasteiger partial charge on any atom is 0.124 e. The summed E-state index contributed by atoms with van der Waals surface area (Å²) in [5, 5.41) is 3.37. The molecule has 106 valence electrons. The summed E-state index contributed by atoms with van der Waals surface area (Å²) < 4.78 is 6.53. The van der Waals surface area contributed by atoms with Crippen molar-refractivity contribution < 1.29 is 4.74 Å². The molecule has 0 saturated carbocycles. The van der Waals surface area contributed by atoms with Crippen LogP contribution in [0.4, 0.5) is 0 Å². The van der Waals surface area contributed by atoms with Crippen molar-refractivity contribution in [3.63, 3.8) is 0 Å². The van der Waals surface area contributed by atoms with Gasteiger partial charge in [-0.15, -0.1) is 11.8 Å². The molecule has 20 heavy (non-hydrogen) atoms. The Bertz CT molecular complexity index is 571.